The molecule has 1 atom stereocenters. The SMILES string of the molecule is COc1ccc(S(=O)(=O)NC(C)C(=O)OCC(=O)NCC(=O)Nc2cc(C)ccc2OC)cc1. The molecule has 1 unspecified atom stereocenters. The van der Waals surface area contributed by atoms with Gasteiger partial charge in [-0.2, -0.15) is 4.72 Å². The molecule has 11 nitrogen and oxygen atoms in total. The number of hydrogen-bond acceptors (Lipinski definition) is 8. The van der Waals surface area contributed by atoms with E-state index in [4.69, 9.17) is 14.2 Å². The normalized spacial score (nSPS) is 11.8. The van der Waals surface area contributed by atoms with E-state index in [1.807, 2.05) is 13.0 Å². The molecule has 2 aromatic rings. The van der Waals surface area contributed by atoms with E-state index in [-0.39, 0.29) is 11.4 Å². The molecule has 0 spiro atoms. The highest BCUT2D eigenvalue weighted by Crippen LogP contribution is 2.24. The number of carbonyl (C=O) groups excluding carboxylic acids is 3. The van der Waals surface area contributed by atoms with Gasteiger partial charge in [0, 0.05) is 0 Å². The van der Waals surface area contributed by atoms with Crippen molar-refractivity contribution < 1.29 is 37.0 Å². The summed E-state index contributed by atoms with van der Waals surface area (Å²) in [6, 6.07) is 9.57. The Kier molecular flexibility index (Phi) is 9.39. The summed E-state index contributed by atoms with van der Waals surface area (Å²) in [4.78, 5) is 36.1. The Morgan fingerprint density at radius 2 is 1.65 bits per heavy atom. The second-order valence-electron chi connectivity index (χ2n) is 7.15. The summed E-state index contributed by atoms with van der Waals surface area (Å²) in [6.45, 7) is 2.08. The van der Waals surface area contributed by atoms with E-state index in [0.29, 0.717) is 17.2 Å². The largest absolute Gasteiger partial charge is 0.497 e. The lowest BCUT2D eigenvalue weighted by Gasteiger charge is -2.14. The Labute approximate surface area is 197 Å². The molecule has 0 bridgehead atoms. The van der Waals surface area contributed by atoms with E-state index in [1.165, 1.54) is 45.4 Å². The lowest BCUT2D eigenvalue weighted by atomic mass is 10.2. The first-order chi connectivity index (χ1) is 16.1. The monoisotopic (exact) mass is 493 g/mol. The van der Waals surface area contributed by atoms with Crippen molar-refractivity contribution in [1.82, 2.24) is 10.0 Å². The first-order valence-electron chi connectivity index (χ1n) is 10.1. The van der Waals surface area contributed by atoms with Crippen molar-refractivity contribution in [2.75, 3.05) is 32.7 Å². The van der Waals surface area contributed by atoms with Crippen LogP contribution in [0.5, 0.6) is 11.5 Å². The smallest absolute Gasteiger partial charge is 0.324 e. The third-order valence-corrected chi connectivity index (χ3v) is 6.03. The maximum Gasteiger partial charge on any atom is 0.324 e. The van der Waals surface area contributed by atoms with Gasteiger partial charge in [0.15, 0.2) is 6.61 Å². The minimum absolute atomic E-state index is 0.0676. The van der Waals surface area contributed by atoms with E-state index < -0.39 is 40.5 Å². The van der Waals surface area contributed by atoms with Gasteiger partial charge >= 0.3 is 5.97 Å². The number of benzene rings is 2. The fraction of sp³-hybridized carbons (Fsp3) is 0.318. The molecule has 2 amide bonds. The number of anilines is 1. The molecule has 34 heavy (non-hydrogen) atoms. The third kappa shape index (κ3) is 7.74. The Morgan fingerprint density at radius 3 is 2.26 bits per heavy atom. The summed E-state index contributed by atoms with van der Waals surface area (Å²) < 4.78 is 41.9. The van der Waals surface area contributed by atoms with Gasteiger partial charge in [-0.05, 0) is 55.8 Å². The van der Waals surface area contributed by atoms with Crippen LogP contribution in [-0.2, 0) is 29.1 Å². The Bertz CT molecular complexity index is 1130. The van der Waals surface area contributed by atoms with Crippen molar-refractivity contribution in [2.24, 2.45) is 0 Å². The van der Waals surface area contributed by atoms with E-state index in [0.717, 1.165) is 5.56 Å². The number of methoxy groups -OCH3 is 2. The standard InChI is InChI=1S/C22H27N3O8S/c1-14-5-10-19(32-4)18(11-14)24-20(26)12-23-21(27)13-33-22(28)15(2)25-34(29,30)17-8-6-16(31-3)7-9-17/h5-11,15,25H,12-13H2,1-4H3,(H,23,27)(H,24,26). The molecule has 0 aromatic heterocycles. The number of hydrogen-bond donors (Lipinski definition) is 3. The summed E-state index contributed by atoms with van der Waals surface area (Å²) in [7, 11) is -1.08. The molecular formula is C22H27N3O8S. The molecule has 0 radical (unpaired) electrons. The Morgan fingerprint density at radius 1 is 0.971 bits per heavy atom. The molecule has 3 N–H and O–H groups in total. The highest BCUT2D eigenvalue weighted by Gasteiger charge is 2.24. The summed E-state index contributed by atoms with van der Waals surface area (Å²) in [5.74, 6) is -1.26. The van der Waals surface area contributed by atoms with E-state index in [9.17, 15) is 22.8 Å². The average molecular weight is 494 g/mol. The fourth-order valence-electron chi connectivity index (χ4n) is 2.71. The van der Waals surface area contributed by atoms with Gasteiger partial charge in [0.05, 0.1) is 31.3 Å². The second kappa shape index (κ2) is 12.0. The van der Waals surface area contributed by atoms with Crippen LogP contribution in [0.25, 0.3) is 0 Å². The minimum atomic E-state index is -4.00. The summed E-state index contributed by atoms with van der Waals surface area (Å²) in [6.07, 6.45) is 0. The minimum Gasteiger partial charge on any atom is -0.497 e. The van der Waals surface area contributed by atoms with Gasteiger partial charge in [-0.3, -0.25) is 14.4 Å². The maximum absolute atomic E-state index is 12.4. The highest BCUT2D eigenvalue weighted by molar-refractivity contribution is 7.89. The zero-order chi connectivity index (χ0) is 25.3. The number of amides is 2. The van der Waals surface area contributed by atoms with Gasteiger partial charge in [0.25, 0.3) is 5.91 Å². The predicted molar refractivity (Wildman–Crippen MR) is 123 cm³/mol. The van der Waals surface area contributed by atoms with Gasteiger partial charge < -0.3 is 24.8 Å². The molecule has 0 aliphatic rings. The Balaban J connectivity index is 1.80. The van der Waals surface area contributed by atoms with E-state index >= 15 is 0 Å². The molecule has 184 valence electrons. The number of sulfonamides is 1. The molecule has 0 aliphatic heterocycles. The average Bonchev–Trinajstić information content (AvgIpc) is 2.81. The molecule has 0 saturated heterocycles. The topological polar surface area (TPSA) is 149 Å². The van der Waals surface area contributed by atoms with Crippen LogP contribution >= 0.6 is 0 Å². The molecule has 0 fully saturated rings. The Hall–Kier alpha value is -3.64. The van der Waals surface area contributed by atoms with Crippen LogP contribution in [0.3, 0.4) is 0 Å². The number of rotatable bonds is 11. The van der Waals surface area contributed by atoms with Crippen LogP contribution in [0, 0.1) is 6.92 Å². The van der Waals surface area contributed by atoms with Gasteiger partial charge in [-0.25, -0.2) is 8.42 Å². The fourth-order valence-corrected chi connectivity index (χ4v) is 3.90. The zero-order valence-electron chi connectivity index (χ0n) is 19.2. The van der Waals surface area contributed by atoms with Crippen LogP contribution in [0.4, 0.5) is 5.69 Å². The van der Waals surface area contributed by atoms with Crippen LogP contribution < -0.4 is 24.8 Å². The number of esters is 1. The highest BCUT2D eigenvalue weighted by atomic mass is 32.2. The van der Waals surface area contributed by atoms with Crippen LogP contribution in [0.15, 0.2) is 47.4 Å². The van der Waals surface area contributed by atoms with Crippen LogP contribution in [0.1, 0.15) is 12.5 Å². The lowest BCUT2D eigenvalue weighted by molar-refractivity contribution is -0.149. The van der Waals surface area contributed by atoms with E-state index in [1.54, 1.807) is 12.1 Å². The molecule has 12 heteroatoms. The lowest BCUT2D eigenvalue weighted by Crippen LogP contribution is -2.41. The second-order valence-corrected chi connectivity index (χ2v) is 8.87. The first kappa shape index (κ1) is 26.6. The van der Waals surface area contributed by atoms with E-state index in [2.05, 4.69) is 15.4 Å². The van der Waals surface area contributed by atoms with Gasteiger partial charge in [-0.1, -0.05) is 6.07 Å². The third-order valence-electron chi connectivity index (χ3n) is 4.48. The first-order valence-corrected chi connectivity index (χ1v) is 11.6. The number of ether oxygens (including phenoxy) is 3. The predicted octanol–water partition coefficient (Wildman–Crippen LogP) is 0.977. The van der Waals surface area contributed by atoms with Gasteiger partial charge in [0.2, 0.25) is 15.9 Å². The summed E-state index contributed by atoms with van der Waals surface area (Å²) in [5.41, 5.74) is 1.36. The maximum atomic E-state index is 12.4. The van der Waals surface area contributed by atoms with Crippen molar-refractivity contribution in [3.8, 4) is 11.5 Å². The van der Waals surface area contributed by atoms with Crippen molar-refractivity contribution in [3.63, 3.8) is 0 Å². The quantitative estimate of drug-likeness (QED) is 0.392. The molecule has 0 aliphatic carbocycles. The number of nitrogens with one attached hydrogen (secondary N) is 3. The van der Waals surface area contributed by atoms with Crippen molar-refractivity contribution >= 4 is 33.5 Å². The molecular weight excluding hydrogens is 466 g/mol. The van der Waals surface area contributed by atoms with Crippen LogP contribution in [-0.4, -0.2) is 59.6 Å². The van der Waals surface area contributed by atoms with Gasteiger partial charge in [0.1, 0.15) is 17.5 Å². The summed E-state index contributed by atoms with van der Waals surface area (Å²) >= 11 is 0. The number of carbonyl (C=O) groups is 3. The zero-order valence-corrected chi connectivity index (χ0v) is 20.0. The number of aryl methyl sites for hydroxylation is 1. The molecule has 0 saturated carbocycles. The van der Waals surface area contributed by atoms with Crippen molar-refractivity contribution in [2.45, 2.75) is 24.8 Å². The summed E-state index contributed by atoms with van der Waals surface area (Å²) in [5, 5.41) is 4.93. The molecule has 2 rings (SSSR count). The molecule has 0 heterocycles. The van der Waals surface area contributed by atoms with Crippen molar-refractivity contribution in [3.05, 3.63) is 48.0 Å². The molecule has 2 aromatic carbocycles. The van der Waals surface area contributed by atoms with Crippen LogP contribution in [0.2, 0.25) is 0 Å². The van der Waals surface area contributed by atoms with Gasteiger partial charge in [-0.15, -0.1) is 0 Å². The van der Waals surface area contributed by atoms with Crippen molar-refractivity contribution in [1.29, 1.82) is 0 Å².